The van der Waals surface area contributed by atoms with E-state index in [1.807, 2.05) is 38.1 Å². The molecule has 0 aliphatic carbocycles. The number of hydrogen-bond acceptors (Lipinski definition) is 4. The molecule has 0 radical (unpaired) electrons. The fourth-order valence-electron chi connectivity index (χ4n) is 4.58. The maximum absolute atomic E-state index is 12.5. The SMILES string of the molecule is CC(C)NC(=O)C[C@H]1CC2(CCN(Cc3ccco3)CC2)Oc2ccccc21. The number of carbonyl (C=O) groups is 1. The first-order valence-electron chi connectivity index (χ1n) is 10.3. The largest absolute Gasteiger partial charge is 0.487 e. The van der Waals surface area contributed by atoms with Crippen LogP contribution in [0.15, 0.2) is 47.1 Å². The number of amides is 1. The van der Waals surface area contributed by atoms with Gasteiger partial charge in [-0.15, -0.1) is 0 Å². The van der Waals surface area contributed by atoms with E-state index >= 15 is 0 Å². The summed E-state index contributed by atoms with van der Waals surface area (Å²) in [6.07, 6.45) is 5.12. The van der Waals surface area contributed by atoms with E-state index in [1.54, 1.807) is 6.26 Å². The minimum absolute atomic E-state index is 0.127. The standard InChI is InChI=1S/C23H30N2O3/c1-17(2)24-22(26)14-18-15-23(28-21-8-4-3-7-20(18)21)9-11-25(12-10-23)16-19-6-5-13-27-19/h3-8,13,17-18H,9-12,14-16H2,1-2H3,(H,24,26)/t18-/m0/s1. The first-order chi connectivity index (χ1) is 13.5. The molecule has 2 aliphatic rings. The Bertz CT molecular complexity index is 792. The Hall–Kier alpha value is -2.27. The van der Waals surface area contributed by atoms with E-state index in [4.69, 9.17) is 9.15 Å². The summed E-state index contributed by atoms with van der Waals surface area (Å²) in [5, 5.41) is 3.05. The van der Waals surface area contributed by atoms with Crippen molar-refractivity contribution in [2.24, 2.45) is 0 Å². The molecule has 1 aromatic heterocycles. The zero-order valence-electron chi connectivity index (χ0n) is 16.8. The van der Waals surface area contributed by atoms with Gasteiger partial charge in [-0.25, -0.2) is 0 Å². The Morgan fingerprint density at radius 1 is 1.21 bits per heavy atom. The lowest BCUT2D eigenvalue weighted by atomic mass is 9.76. The number of piperidine rings is 1. The molecule has 1 amide bonds. The molecule has 28 heavy (non-hydrogen) atoms. The predicted molar refractivity (Wildman–Crippen MR) is 108 cm³/mol. The number of rotatable bonds is 5. The highest BCUT2D eigenvalue weighted by Crippen LogP contribution is 2.46. The number of ether oxygens (including phenoxy) is 1. The average molecular weight is 383 g/mol. The molecule has 2 aliphatic heterocycles. The Balaban J connectivity index is 1.46. The summed E-state index contributed by atoms with van der Waals surface area (Å²) < 4.78 is 12.0. The predicted octanol–water partition coefficient (Wildman–Crippen LogP) is 4.10. The minimum Gasteiger partial charge on any atom is -0.487 e. The zero-order chi connectivity index (χ0) is 19.6. The smallest absolute Gasteiger partial charge is 0.220 e. The molecule has 3 heterocycles. The second kappa shape index (κ2) is 8.00. The summed E-state index contributed by atoms with van der Waals surface area (Å²) in [5.74, 6) is 2.30. The fourth-order valence-corrected chi connectivity index (χ4v) is 4.58. The van der Waals surface area contributed by atoms with Crippen LogP contribution in [0.4, 0.5) is 0 Å². The van der Waals surface area contributed by atoms with Gasteiger partial charge >= 0.3 is 0 Å². The first-order valence-corrected chi connectivity index (χ1v) is 10.3. The maximum atomic E-state index is 12.5. The van der Waals surface area contributed by atoms with Gasteiger partial charge in [0.05, 0.1) is 12.8 Å². The molecule has 1 atom stereocenters. The third kappa shape index (κ3) is 4.25. The number of para-hydroxylation sites is 1. The van der Waals surface area contributed by atoms with Crippen molar-refractivity contribution < 1.29 is 13.9 Å². The quantitative estimate of drug-likeness (QED) is 0.846. The third-order valence-electron chi connectivity index (χ3n) is 5.91. The number of furan rings is 1. The van der Waals surface area contributed by atoms with E-state index in [1.165, 1.54) is 5.56 Å². The number of fused-ring (bicyclic) bond motifs is 1. The van der Waals surface area contributed by atoms with Gasteiger partial charge in [0.1, 0.15) is 17.1 Å². The van der Waals surface area contributed by atoms with Gasteiger partial charge in [0.25, 0.3) is 0 Å². The zero-order valence-corrected chi connectivity index (χ0v) is 16.8. The first kappa shape index (κ1) is 19.1. The maximum Gasteiger partial charge on any atom is 0.220 e. The van der Waals surface area contributed by atoms with E-state index in [2.05, 4.69) is 22.3 Å². The molecule has 0 saturated carbocycles. The van der Waals surface area contributed by atoms with E-state index in [0.29, 0.717) is 6.42 Å². The van der Waals surface area contributed by atoms with Crippen LogP contribution in [0.25, 0.3) is 0 Å². The highest BCUT2D eigenvalue weighted by atomic mass is 16.5. The van der Waals surface area contributed by atoms with Crippen molar-refractivity contribution in [1.29, 1.82) is 0 Å². The summed E-state index contributed by atoms with van der Waals surface area (Å²) >= 11 is 0. The summed E-state index contributed by atoms with van der Waals surface area (Å²) in [6.45, 7) is 6.82. The van der Waals surface area contributed by atoms with Crippen LogP contribution in [0.5, 0.6) is 5.75 Å². The van der Waals surface area contributed by atoms with Crippen LogP contribution in [0, 0.1) is 0 Å². The number of carbonyl (C=O) groups excluding carboxylic acids is 1. The molecule has 1 fully saturated rings. The third-order valence-corrected chi connectivity index (χ3v) is 5.91. The molecular formula is C23H30N2O3. The van der Waals surface area contributed by atoms with E-state index in [-0.39, 0.29) is 23.5 Å². The van der Waals surface area contributed by atoms with E-state index in [9.17, 15) is 4.79 Å². The van der Waals surface area contributed by atoms with Crippen LogP contribution >= 0.6 is 0 Å². The molecule has 4 rings (SSSR count). The molecule has 5 heteroatoms. The lowest BCUT2D eigenvalue weighted by Gasteiger charge is -2.46. The normalized spacial score (nSPS) is 21.3. The number of nitrogens with zero attached hydrogens (tertiary/aromatic N) is 1. The van der Waals surface area contributed by atoms with Gasteiger partial charge in [-0.3, -0.25) is 9.69 Å². The van der Waals surface area contributed by atoms with E-state index < -0.39 is 0 Å². The molecule has 1 aromatic carbocycles. The van der Waals surface area contributed by atoms with Crippen LogP contribution in [0.3, 0.4) is 0 Å². The van der Waals surface area contributed by atoms with Crippen LogP contribution in [-0.4, -0.2) is 35.5 Å². The monoisotopic (exact) mass is 382 g/mol. The van der Waals surface area contributed by atoms with Crippen molar-refractivity contribution in [3.63, 3.8) is 0 Å². The molecule has 150 valence electrons. The molecule has 0 bridgehead atoms. The molecule has 0 unspecified atom stereocenters. The topological polar surface area (TPSA) is 54.7 Å². The molecule has 5 nitrogen and oxygen atoms in total. The lowest BCUT2D eigenvalue weighted by molar-refractivity contribution is -0.122. The van der Waals surface area contributed by atoms with Gasteiger partial charge < -0.3 is 14.5 Å². The Kier molecular flexibility index (Phi) is 5.44. The number of benzene rings is 1. The van der Waals surface area contributed by atoms with Crippen molar-refractivity contribution in [2.75, 3.05) is 13.1 Å². The van der Waals surface area contributed by atoms with Crippen LogP contribution in [0.1, 0.15) is 56.8 Å². The molecule has 2 aromatic rings. The fraction of sp³-hybridized carbons (Fsp3) is 0.522. The van der Waals surface area contributed by atoms with Crippen molar-refractivity contribution in [2.45, 2.75) is 63.6 Å². The highest BCUT2D eigenvalue weighted by molar-refractivity contribution is 5.77. The summed E-state index contributed by atoms with van der Waals surface area (Å²) in [4.78, 5) is 14.9. The summed E-state index contributed by atoms with van der Waals surface area (Å²) in [7, 11) is 0. The van der Waals surface area contributed by atoms with Crippen LogP contribution in [0.2, 0.25) is 0 Å². The van der Waals surface area contributed by atoms with Crippen molar-refractivity contribution in [3.8, 4) is 5.75 Å². The molecule has 1 spiro atoms. The molecular weight excluding hydrogens is 352 g/mol. The number of nitrogens with one attached hydrogen (secondary N) is 1. The van der Waals surface area contributed by atoms with Gasteiger partial charge in [-0.1, -0.05) is 18.2 Å². The van der Waals surface area contributed by atoms with Crippen LogP contribution in [-0.2, 0) is 11.3 Å². The van der Waals surface area contributed by atoms with Gasteiger partial charge in [0.2, 0.25) is 5.91 Å². The van der Waals surface area contributed by atoms with Gasteiger partial charge in [-0.2, -0.15) is 0 Å². The highest BCUT2D eigenvalue weighted by Gasteiger charge is 2.43. The van der Waals surface area contributed by atoms with Crippen molar-refractivity contribution >= 4 is 5.91 Å². The van der Waals surface area contributed by atoms with Crippen molar-refractivity contribution in [3.05, 3.63) is 54.0 Å². The number of hydrogen-bond donors (Lipinski definition) is 1. The number of likely N-dealkylation sites (tertiary alicyclic amines) is 1. The van der Waals surface area contributed by atoms with Gasteiger partial charge in [0, 0.05) is 31.5 Å². The Morgan fingerprint density at radius 2 is 2.00 bits per heavy atom. The molecule has 1 saturated heterocycles. The van der Waals surface area contributed by atoms with Crippen molar-refractivity contribution in [1.82, 2.24) is 10.2 Å². The second-order valence-corrected chi connectivity index (χ2v) is 8.51. The Morgan fingerprint density at radius 3 is 2.71 bits per heavy atom. The lowest BCUT2D eigenvalue weighted by Crippen LogP contribution is -2.50. The van der Waals surface area contributed by atoms with Crippen LogP contribution < -0.4 is 10.1 Å². The summed E-state index contributed by atoms with van der Waals surface area (Å²) in [6, 6.07) is 12.4. The average Bonchev–Trinajstić information content (AvgIpc) is 3.16. The Labute approximate surface area is 167 Å². The molecule has 1 N–H and O–H groups in total. The summed E-state index contributed by atoms with van der Waals surface area (Å²) in [5.41, 5.74) is 1.00. The van der Waals surface area contributed by atoms with E-state index in [0.717, 1.165) is 50.4 Å². The minimum atomic E-state index is -0.170. The second-order valence-electron chi connectivity index (χ2n) is 8.51. The van der Waals surface area contributed by atoms with Gasteiger partial charge in [0.15, 0.2) is 0 Å². The van der Waals surface area contributed by atoms with Gasteiger partial charge in [-0.05, 0) is 56.9 Å².